The summed E-state index contributed by atoms with van der Waals surface area (Å²) in [5.41, 5.74) is 0. The molecule has 0 spiro atoms. The molecular weight excluding hydrogens is 213 g/mol. The van der Waals surface area contributed by atoms with Crippen LogP contribution in [0.5, 0.6) is 0 Å². The van der Waals surface area contributed by atoms with E-state index in [1.54, 1.807) is 0 Å². The Morgan fingerprint density at radius 2 is 1.92 bits per heavy atom. The van der Waals surface area contributed by atoms with Gasteiger partial charge in [0.15, 0.2) is 5.78 Å². The number of amides is 1. The van der Waals surface area contributed by atoms with Gasteiger partial charge in [0.2, 0.25) is 5.91 Å². The van der Waals surface area contributed by atoms with Crippen molar-refractivity contribution in [2.24, 2.45) is 0 Å². The molecule has 0 radical (unpaired) electrons. The number of carbonyl (C=O) groups is 2. The molecule has 0 fully saturated rings. The maximum atomic E-state index is 11.0. The fourth-order valence-electron chi connectivity index (χ4n) is 0.704. The molecule has 0 aliphatic rings. The Bertz CT molecular complexity index is 232. The fraction of sp³-hybridized carbons (Fsp3) is 0.500. The first kappa shape index (κ1) is 12.5. The molecular formula is C8H11Cl2NO2. The lowest BCUT2D eigenvalue weighted by molar-refractivity contribution is -0.126. The molecule has 0 heterocycles. The minimum absolute atomic E-state index is 0.0238. The second-order valence-corrected chi connectivity index (χ2v) is 3.81. The number of rotatable bonds is 4. The van der Waals surface area contributed by atoms with Crippen LogP contribution >= 0.6 is 23.2 Å². The zero-order valence-electron chi connectivity index (χ0n) is 7.43. The molecule has 74 valence electrons. The van der Waals surface area contributed by atoms with Crippen molar-refractivity contribution in [1.29, 1.82) is 0 Å². The third-order valence-electron chi connectivity index (χ3n) is 1.05. The van der Waals surface area contributed by atoms with Crippen molar-refractivity contribution in [3.05, 3.63) is 10.6 Å². The van der Waals surface area contributed by atoms with Gasteiger partial charge in [0.05, 0.1) is 6.42 Å². The minimum Gasteiger partial charge on any atom is -0.354 e. The Labute approximate surface area is 87.1 Å². The highest BCUT2D eigenvalue weighted by Gasteiger charge is 2.08. The van der Waals surface area contributed by atoms with E-state index in [0.29, 0.717) is 0 Å². The smallest absolute Gasteiger partial charge is 0.228 e. The summed E-state index contributed by atoms with van der Waals surface area (Å²) in [6, 6.07) is 0.0238. The minimum atomic E-state index is -0.404. The summed E-state index contributed by atoms with van der Waals surface area (Å²) in [5, 5.41) is 2.57. The number of ketones is 1. The molecule has 1 N–H and O–H groups in total. The highest BCUT2D eigenvalue weighted by molar-refractivity contribution is 6.56. The number of allylic oxidation sites excluding steroid dienone is 1. The molecule has 0 aromatic heterocycles. The molecule has 0 atom stereocenters. The van der Waals surface area contributed by atoms with Crippen LogP contribution in [0.2, 0.25) is 0 Å². The van der Waals surface area contributed by atoms with Crippen molar-refractivity contribution in [2.45, 2.75) is 26.3 Å². The highest BCUT2D eigenvalue weighted by atomic mass is 35.5. The van der Waals surface area contributed by atoms with Gasteiger partial charge in [-0.25, -0.2) is 0 Å². The Morgan fingerprint density at radius 1 is 1.38 bits per heavy atom. The van der Waals surface area contributed by atoms with Gasteiger partial charge in [-0.05, 0) is 13.8 Å². The van der Waals surface area contributed by atoms with E-state index < -0.39 is 5.78 Å². The van der Waals surface area contributed by atoms with E-state index in [1.807, 2.05) is 13.8 Å². The zero-order chi connectivity index (χ0) is 10.4. The van der Waals surface area contributed by atoms with Gasteiger partial charge in [0.25, 0.3) is 0 Å². The average molecular weight is 224 g/mol. The fourth-order valence-corrected chi connectivity index (χ4v) is 0.947. The first-order chi connectivity index (χ1) is 5.91. The molecule has 1 amide bonds. The van der Waals surface area contributed by atoms with Crippen LogP contribution in [0.4, 0.5) is 0 Å². The first-order valence-electron chi connectivity index (χ1n) is 3.76. The van der Waals surface area contributed by atoms with E-state index in [2.05, 4.69) is 5.32 Å². The summed E-state index contributed by atoms with van der Waals surface area (Å²) in [7, 11) is 0. The van der Waals surface area contributed by atoms with Crippen LogP contribution in [-0.2, 0) is 9.59 Å². The van der Waals surface area contributed by atoms with E-state index in [0.717, 1.165) is 6.08 Å². The number of hydrogen-bond acceptors (Lipinski definition) is 2. The molecule has 0 aliphatic heterocycles. The molecule has 0 aliphatic carbocycles. The van der Waals surface area contributed by atoms with E-state index in [1.165, 1.54) is 0 Å². The Kier molecular flexibility index (Phi) is 5.75. The van der Waals surface area contributed by atoms with Crippen LogP contribution < -0.4 is 5.32 Å². The van der Waals surface area contributed by atoms with E-state index >= 15 is 0 Å². The van der Waals surface area contributed by atoms with E-state index in [4.69, 9.17) is 23.2 Å². The van der Waals surface area contributed by atoms with Crippen LogP contribution in [0.1, 0.15) is 20.3 Å². The van der Waals surface area contributed by atoms with Gasteiger partial charge in [-0.2, -0.15) is 0 Å². The molecule has 0 aromatic rings. The quantitative estimate of drug-likeness (QED) is 0.584. The SMILES string of the molecule is CC(C)NC(=O)CC(=O)C=C(Cl)Cl. The van der Waals surface area contributed by atoms with Crippen molar-refractivity contribution in [1.82, 2.24) is 5.32 Å². The van der Waals surface area contributed by atoms with Crippen molar-refractivity contribution in [2.75, 3.05) is 0 Å². The van der Waals surface area contributed by atoms with Crippen molar-refractivity contribution in [3.8, 4) is 0 Å². The van der Waals surface area contributed by atoms with Gasteiger partial charge in [0, 0.05) is 12.1 Å². The van der Waals surface area contributed by atoms with Gasteiger partial charge in [-0.1, -0.05) is 23.2 Å². The maximum absolute atomic E-state index is 11.0. The first-order valence-corrected chi connectivity index (χ1v) is 4.52. The molecule has 5 heteroatoms. The summed E-state index contributed by atoms with van der Waals surface area (Å²) in [6.07, 6.45) is 0.796. The molecule has 0 saturated heterocycles. The summed E-state index contributed by atoms with van der Waals surface area (Å²) in [5.74, 6) is -0.732. The zero-order valence-corrected chi connectivity index (χ0v) is 8.95. The Hall–Kier alpha value is -0.540. The third-order valence-corrected chi connectivity index (χ3v) is 1.27. The van der Waals surface area contributed by atoms with E-state index in [-0.39, 0.29) is 22.9 Å². The van der Waals surface area contributed by atoms with Crippen molar-refractivity contribution >= 4 is 34.9 Å². The standard InChI is InChI=1S/C8H11Cl2NO2/c1-5(2)11-8(13)4-6(12)3-7(9)10/h3,5H,4H2,1-2H3,(H,11,13). The predicted molar refractivity (Wildman–Crippen MR) is 52.7 cm³/mol. The monoisotopic (exact) mass is 223 g/mol. The van der Waals surface area contributed by atoms with Crippen LogP contribution in [0.25, 0.3) is 0 Å². The maximum Gasteiger partial charge on any atom is 0.228 e. The van der Waals surface area contributed by atoms with Crippen LogP contribution in [0.15, 0.2) is 10.6 Å². The molecule has 0 aromatic carbocycles. The molecule has 0 unspecified atom stereocenters. The Morgan fingerprint density at radius 3 is 2.31 bits per heavy atom. The van der Waals surface area contributed by atoms with Crippen molar-refractivity contribution in [3.63, 3.8) is 0 Å². The van der Waals surface area contributed by atoms with Gasteiger partial charge in [0.1, 0.15) is 4.49 Å². The molecule has 13 heavy (non-hydrogen) atoms. The number of halogens is 2. The largest absolute Gasteiger partial charge is 0.354 e. The van der Waals surface area contributed by atoms with Gasteiger partial charge in [-0.3, -0.25) is 9.59 Å². The topological polar surface area (TPSA) is 46.2 Å². The molecule has 3 nitrogen and oxygen atoms in total. The lowest BCUT2D eigenvalue weighted by Crippen LogP contribution is -2.31. The Balaban J connectivity index is 3.93. The summed E-state index contributed by atoms with van der Waals surface area (Å²) in [4.78, 5) is 21.9. The number of hydrogen-bond donors (Lipinski definition) is 1. The van der Waals surface area contributed by atoms with Gasteiger partial charge < -0.3 is 5.32 Å². The van der Waals surface area contributed by atoms with E-state index in [9.17, 15) is 9.59 Å². The second kappa shape index (κ2) is 6.00. The highest BCUT2D eigenvalue weighted by Crippen LogP contribution is 2.06. The summed E-state index contributed by atoms with van der Waals surface area (Å²) < 4.78 is -0.137. The third kappa shape index (κ3) is 7.81. The lowest BCUT2D eigenvalue weighted by Gasteiger charge is -2.05. The van der Waals surface area contributed by atoms with Crippen LogP contribution in [0.3, 0.4) is 0 Å². The molecule has 0 saturated carbocycles. The predicted octanol–water partition coefficient (Wildman–Crippen LogP) is 1.79. The van der Waals surface area contributed by atoms with Gasteiger partial charge in [-0.15, -0.1) is 0 Å². The number of nitrogens with one attached hydrogen (secondary N) is 1. The summed E-state index contributed by atoms with van der Waals surface area (Å²) in [6.45, 7) is 3.62. The molecule has 0 rings (SSSR count). The summed E-state index contributed by atoms with van der Waals surface area (Å²) >= 11 is 10.5. The van der Waals surface area contributed by atoms with Crippen LogP contribution in [-0.4, -0.2) is 17.7 Å². The number of carbonyl (C=O) groups excluding carboxylic acids is 2. The normalized spacial score (nSPS) is 9.62. The second-order valence-electron chi connectivity index (χ2n) is 2.80. The molecule has 0 bridgehead atoms. The van der Waals surface area contributed by atoms with Gasteiger partial charge >= 0.3 is 0 Å². The average Bonchev–Trinajstić information content (AvgIpc) is 1.80. The van der Waals surface area contributed by atoms with Crippen LogP contribution in [0, 0.1) is 0 Å². The lowest BCUT2D eigenvalue weighted by atomic mass is 10.2. The van der Waals surface area contributed by atoms with Crippen molar-refractivity contribution < 1.29 is 9.59 Å².